The summed E-state index contributed by atoms with van der Waals surface area (Å²) in [5, 5.41) is 15.1. The van der Waals surface area contributed by atoms with E-state index >= 15 is 0 Å². The van der Waals surface area contributed by atoms with Gasteiger partial charge in [-0.15, -0.1) is 0 Å². The molecule has 0 bridgehead atoms. The van der Waals surface area contributed by atoms with Crippen LogP contribution in [0.2, 0.25) is 5.02 Å². The smallest absolute Gasteiger partial charge is 0.416 e. The number of amides is 1. The molecule has 6 nitrogen and oxygen atoms in total. The summed E-state index contributed by atoms with van der Waals surface area (Å²) in [5.74, 6) is -1.97. The Morgan fingerprint density at radius 1 is 1.24 bits per heavy atom. The van der Waals surface area contributed by atoms with Crippen molar-refractivity contribution < 1.29 is 27.9 Å². The molecular formula is C15H13ClF3N3O3. The van der Waals surface area contributed by atoms with E-state index < -0.39 is 29.2 Å². The lowest BCUT2D eigenvalue weighted by molar-refractivity contribution is -0.146. The van der Waals surface area contributed by atoms with Gasteiger partial charge in [0.2, 0.25) is 0 Å². The van der Waals surface area contributed by atoms with Gasteiger partial charge in [-0.3, -0.25) is 9.48 Å². The number of nitrogens with one attached hydrogen (secondary N) is 1. The summed E-state index contributed by atoms with van der Waals surface area (Å²) in [6.45, 7) is 2.81. The van der Waals surface area contributed by atoms with Crippen LogP contribution in [0.1, 0.15) is 29.8 Å². The van der Waals surface area contributed by atoms with Gasteiger partial charge in [-0.05, 0) is 32.0 Å². The number of carbonyl (C=O) groups is 2. The molecule has 0 aliphatic rings. The molecule has 1 heterocycles. The average Bonchev–Trinajstić information content (AvgIpc) is 2.94. The normalized spacial score (nSPS) is 12.1. The molecule has 0 radical (unpaired) electrons. The van der Waals surface area contributed by atoms with E-state index in [-0.39, 0.29) is 16.3 Å². The van der Waals surface area contributed by atoms with Gasteiger partial charge in [-0.1, -0.05) is 11.6 Å². The van der Waals surface area contributed by atoms with Gasteiger partial charge in [0.1, 0.15) is 0 Å². The fourth-order valence-corrected chi connectivity index (χ4v) is 2.11. The molecule has 10 heteroatoms. The number of anilines is 1. The van der Waals surface area contributed by atoms with E-state index in [4.69, 9.17) is 16.7 Å². The first-order valence-electron chi connectivity index (χ1n) is 6.89. The molecule has 25 heavy (non-hydrogen) atoms. The highest BCUT2D eigenvalue weighted by molar-refractivity contribution is 6.31. The third kappa shape index (κ3) is 4.11. The molecule has 0 saturated heterocycles. The van der Waals surface area contributed by atoms with Crippen molar-refractivity contribution in [1.29, 1.82) is 0 Å². The quantitative estimate of drug-likeness (QED) is 0.854. The summed E-state index contributed by atoms with van der Waals surface area (Å²) in [5.41, 5.74) is -2.56. The second kappa shape index (κ2) is 6.40. The Balaban J connectivity index is 2.25. The fourth-order valence-electron chi connectivity index (χ4n) is 1.88. The van der Waals surface area contributed by atoms with Gasteiger partial charge in [0.15, 0.2) is 5.54 Å². The Bertz CT molecular complexity index is 831. The minimum Gasteiger partial charge on any atom is -0.479 e. The number of hydrogen-bond acceptors (Lipinski definition) is 3. The van der Waals surface area contributed by atoms with Crippen molar-refractivity contribution in [2.75, 3.05) is 5.32 Å². The highest BCUT2D eigenvalue weighted by atomic mass is 35.5. The van der Waals surface area contributed by atoms with Crippen LogP contribution in [0, 0.1) is 0 Å². The van der Waals surface area contributed by atoms with Crippen molar-refractivity contribution in [2.45, 2.75) is 25.6 Å². The van der Waals surface area contributed by atoms with Crippen molar-refractivity contribution in [3.8, 4) is 0 Å². The van der Waals surface area contributed by atoms with E-state index in [9.17, 15) is 22.8 Å². The van der Waals surface area contributed by atoms with Crippen molar-refractivity contribution in [2.24, 2.45) is 0 Å². The zero-order chi connectivity index (χ0) is 19.0. The molecule has 2 N–H and O–H groups in total. The summed E-state index contributed by atoms with van der Waals surface area (Å²) in [6.07, 6.45) is -2.19. The SMILES string of the molecule is CC(C)(C(=O)O)n1cc(NC(=O)c2cc(Cl)cc(C(F)(F)F)c2)cn1. The van der Waals surface area contributed by atoms with Crippen LogP contribution in [-0.2, 0) is 16.5 Å². The van der Waals surface area contributed by atoms with Crippen LogP contribution < -0.4 is 5.32 Å². The van der Waals surface area contributed by atoms with Crippen molar-refractivity contribution >= 4 is 29.2 Å². The maximum atomic E-state index is 12.8. The minimum absolute atomic E-state index is 0.132. The van der Waals surface area contributed by atoms with Crippen molar-refractivity contribution in [3.05, 3.63) is 46.7 Å². The van der Waals surface area contributed by atoms with E-state index in [1.165, 1.54) is 26.2 Å². The molecule has 0 spiro atoms. The van der Waals surface area contributed by atoms with E-state index in [2.05, 4.69) is 10.4 Å². The summed E-state index contributed by atoms with van der Waals surface area (Å²) >= 11 is 5.64. The number of halogens is 4. The number of rotatable bonds is 4. The van der Waals surface area contributed by atoms with E-state index in [0.29, 0.717) is 12.1 Å². The van der Waals surface area contributed by atoms with E-state index in [1.54, 1.807) is 0 Å². The molecule has 0 aliphatic heterocycles. The molecule has 0 aliphatic carbocycles. The largest absolute Gasteiger partial charge is 0.479 e. The second-order valence-corrected chi connectivity index (χ2v) is 6.15. The minimum atomic E-state index is -4.64. The Labute approximate surface area is 145 Å². The van der Waals surface area contributed by atoms with Crippen LogP contribution in [0.25, 0.3) is 0 Å². The first kappa shape index (κ1) is 18.8. The molecule has 2 aromatic rings. The number of hydrogen-bond donors (Lipinski definition) is 2. The number of aromatic nitrogens is 2. The van der Waals surface area contributed by atoms with Gasteiger partial charge in [0, 0.05) is 16.8 Å². The van der Waals surface area contributed by atoms with Gasteiger partial charge < -0.3 is 10.4 Å². The molecule has 1 amide bonds. The number of carboxylic acid groups (broad SMARTS) is 1. The number of nitrogens with zero attached hydrogens (tertiary/aromatic N) is 2. The van der Waals surface area contributed by atoms with Gasteiger partial charge in [0.25, 0.3) is 5.91 Å². The topological polar surface area (TPSA) is 84.2 Å². The van der Waals surface area contributed by atoms with Crippen LogP contribution in [0.15, 0.2) is 30.6 Å². The number of benzene rings is 1. The maximum absolute atomic E-state index is 12.8. The Morgan fingerprint density at radius 2 is 1.88 bits per heavy atom. The molecule has 1 aromatic carbocycles. The maximum Gasteiger partial charge on any atom is 0.416 e. The van der Waals surface area contributed by atoms with Crippen LogP contribution in [0.5, 0.6) is 0 Å². The summed E-state index contributed by atoms with van der Waals surface area (Å²) in [7, 11) is 0. The highest BCUT2D eigenvalue weighted by Crippen LogP contribution is 2.32. The summed E-state index contributed by atoms with van der Waals surface area (Å²) in [6, 6.07) is 2.48. The fraction of sp³-hybridized carbons (Fsp3) is 0.267. The van der Waals surface area contributed by atoms with E-state index in [1.807, 2.05) is 0 Å². The molecule has 0 atom stereocenters. The lowest BCUT2D eigenvalue weighted by Gasteiger charge is -2.19. The molecule has 0 saturated carbocycles. The molecule has 0 unspecified atom stereocenters. The van der Waals surface area contributed by atoms with Crippen LogP contribution in [0.4, 0.5) is 18.9 Å². The van der Waals surface area contributed by atoms with Crippen LogP contribution in [0.3, 0.4) is 0 Å². The monoisotopic (exact) mass is 375 g/mol. The zero-order valence-corrected chi connectivity index (χ0v) is 13.8. The number of alkyl halides is 3. The first-order chi connectivity index (χ1) is 11.4. The predicted molar refractivity (Wildman–Crippen MR) is 83.6 cm³/mol. The Morgan fingerprint density at radius 3 is 2.44 bits per heavy atom. The summed E-state index contributed by atoms with van der Waals surface area (Å²) < 4.78 is 39.5. The number of carboxylic acids is 1. The van der Waals surface area contributed by atoms with Crippen molar-refractivity contribution in [1.82, 2.24) is 9.78 Å². The standard InChI is InChI=1S/C15H13ClF3N3O3/c1-14(2,13(24)25)22-7-11(6-20-22)21-12(23)8-3-9(15(17,18)19)5-10(16)4-8/h3-7H,1-2H3,(H,21,23)(H,24,25). The second-order valence-electron chi connectivity index (χ2n) is 5.72. The molecule has 134 valence electrons. The van der Waals surface area contributed by atoms with Gasteiger partial charge in [-0.25, -0.2) is 4.79 Å². The molecule has 2 rings (SSSR count). The average molecular weight is 376 g/mol. The zero-order valence-electron chi connectivity index (χ0n) is 13.1. The molecular weight excluding hydrogens is 363 g/mol. The summed E-state index contributed by atoms with van der Waals surface area (Å²) in [4.78, 5) is 23.3. The Kier molecular flexibility index (Phi) is 4.81. The number of aliphatic carboxylic acids is 1. The van der Waals surface area contributed by atoms with Crippen LogP contribution in [-0.4, -0.2) is 26.8 Å². The third-order valence-electron chi connectivity index (χ3n) is 3.42. The first-order valence-corrected chi connectivity index (χ1v) is 7.27. The van der Waals surface area contributed by atoms with Gasteiger partial charge in [0.05, 0.1) is 17.4 Å². The lowest BCUT2D eigenvalue weighted by atomic mass is 10.1. The Hall–Kier alpha value is -2.55. The number of carbonyl (C=O) groups excluding carboxylic acids is 1. The molecule has 1 aromatic heterocycles. The van der Waals surface area contributed by atoms with Crippen molar-refractivity contribution in [3.63, 3.8) is 0 Å². The van der Waals surface area contributed by atoms with Gasteiger partial charge in [-0.2, -0.15) is 18.3 Å². The van der Waals surface area contributed by atoms with Crippen LogP contribution >= 0.6 is 11.6 Å². The van der Waals surface area contributed by atoms with Gasteiger partial charge >= 0.3 is 12.1 Å². The van der Waals surface area contributed by atoms with E-state index in [0.717, 1.165) is 10.7 Å². The predicted octanol–water partition coefficient (Wildman–Crippen LogP) is 3.63. The lowest BCUT2D eigenvalue weighted by Crippen LogP contribution is -2.35. The highest BCUT2D eigenvalue weighted by Gasteiger charge is 2.32. The third-order valence-corrected chi connectivity index (χ3v) is 3.64. The molecule has 0 fully saturated rings.